The summed E-state index contributed by atoms with van der Waals surface area (Å²) in [5.74, 6) is -0.0462. The van der Waals surface area contributed by atoms with Crippen molar-refractivity contribution in [1.29, 1.82) is 0 Å². The van der Waals surface area contributed by atoms with Crippen LogP contribution in [0, 0.1) is 0 Å². The Morgan fingerprint density at radius 3 is 2.74 bits per heavy atom. The van der Waals surface area contributed by atoms with Gasteiger partial charge < -0.3 is 14.6 Å². The first-order valence-electron chi connectivity index (χ1n) is 7.81. The van der Waals surface area contributed by atoms with Gasteiger partial charge in [-0.1, -0.05) is 42.5 Å². The Morgan fingerprint density at radius 2 is 1.96 bits per heavy atom. The summed E-state index contributed by atoms with van der Waals surface area (Å²) in [6.45, 7) is 1.50. The largest absolute Gasteiger partial charge is 0.362 e. The smallest absolute Gasteiger partial charge is 0.246 e. The number of nitrogens with one attached hydrogen (secondary N) is 1. The van der Waals surface area contributed by atoms with Gasteiger partial charge in [-0.3, -0.25) is 4.79 Å². The van der Waals surface area contributed by atoms with Crippen LogP contribution in [0.25, 0.3) is 10.9 Å². The molecule has 0 bridgehead atoms. The molecule has 0 radical (unpaired) electrons. The highest BCUT2D eigenvalue weighted by atomic mass is 16.5. The number of fused-ring (bicyclic) bond motifs is 1. The molecule has 0 saturated carbocycles. The predicted molar refractivity (Wildman–Crippen MR) is 89.2 cm³/mol. The lowest BCUT2D eigenvalue weighted by atomic mass is 10.0. The molecule has 1 aromatic heterocycles. The van der Waals surface area contributed by atoms with E-state index in [-0.39, 0.29) is 18.6 Å². The maximum Gasteiger partial charge on any atom is 0.246 e. The Morgan fingerprint density at radius 1 is 1.09 bits per heavy atom. The van der Waals surface area contributed by atoms with Gasteiger partial charge in [0.1, 0.15) is 12.7 Å². The number of morpholine rings is 1. The molecule has 116 valence electrons. The molecule has 1 amide bonds. The van der Waals surface area contributed by atoms with E-state index >= 15 is 0 Å². The third-order valence-corrected chi connectivity index (χ3v) is 4.29. The topological polar surface area (TPSA) is 43.3 Å². The molecule has 23 heavy (non-hydrogen) atoms. The van der Waals surface area contributed by atoms with Gasteiger partial charge >= 0.3 is 0 Å². The molecule has 4 heteroatoms. The van der Waals surface area contributed by atoms with E-state index in [2.05, 4.69) is 64.6 Å². The van der Waals surface area contributed by atoms with Crippen LogP contribution in [-0.2, 0) is 16.1 Å². The summed E-state index contributed by atoms with van der Waals surface area (Å²) in [5, 5.41) is 4.06. The zero-order valence-electron chi connectivity index (χ0n) is 12.7. The Bertz CT molecular complexity index is 829. The minimum atomic E-state index is -0.0797. The van der Waals surface area contributed by atoms with Crippen molar-refractivity contribution in [2.45, 2.75) is 12.6 Å². The second kappa shape index (κ2) is 5.89. The third kappa shape index (κ3) is 2.73. The summed E-state index contributed by atoms with van der Waals surface area (Å²) in [6.07, 6.45) is 2.03. The Balaban J connectivity index is 1.68. The minimum absolute atomic E-state index is 0.0462. The lowest BCUT2D eigenvalue weighted by molar-refractivity contribution is -0.133. The standard InChI is InChI=1S/C19H18N2O2/c22-19-13-23-18(11-20-19)16-7-4-8-17-15(16)9-10-21(17)12-14-5-2-1-3-6-14/h1-10,18H,11-13H2,(H,20,22). The molecule has 2 aromatic carbocycles. The van der Waals surface area contributed by atoms with E-state index in [1.807, 2.05) is 6.07 Å². The molecule has 1 atom stereocenters. The molecular formula is C19H18N2O2. The number of aromatic nitrogens is 1. The number of ether oxygens (including phenoxy) is 1. The summed E-state index contributed by atoms with van der Waals surface area (Å²) < 4.78 is 7.94. The van der Waals surface area contributed by atoms with Crippen LogP contribution < -0.4 is 5.32 Å². The molecule has 3 aromatic rings. The van der Waals surface area contributed by atoms with Crippen molar-refractivity contribution in [3.05, 3.63) is 71.9 Å². The highest BCUT2D eigenvalue weighted by Gasteiger charge is 2.22. The van der Waals surface area contributed by atoms with Crippen LogP contribution in [0.5, 0.6) is 0 Å². The average molecular weight is 306 g/mol. The van der Waals surface area contributed by atoms with Crippen molar-refractivity contribution in [3.8, 4) is 0 Å². The van der Waals surface area contributed by atoms with Crippen LogP contribution in [0.2, 0.25) is 0 Å². The molecular weight excluding hydrogens is 288 g/mol. The minimum Gasteiger partial charge on any atom is -0.362 e. The first-order chi connectivity index (χ1) is 11.3. The SMILES string of the molecule is O=C1COC(c2cccc3c2ccn3Cc2ccccc2)CN1. The monoisotopic (exact) mass is 306 g/mol. The Hall–Kier alpha value is -2.59. The van der Waals surface area contributed by atoms with Gasteiger partial charge in [-0.05, 0) is 23.3 Å². The molecule has 0 spiro atoms. The van der Waals surface area contributed by atoms with Crippen LogP contribution in [0.3, 0.4) is 0 Å². The molecule has 1 aliphatic heterocycles. The van der Waals surface area contributed by atoms with E-state index in [0.717, 1.165) is 12.1 Å². The molecule has 1 N–H and O–H groups in total. The zero-order valence-corrected chi connectivity index (χ0v) is 12.7. The van der Waals surface area contributed by atoms with E-state index < -0.39 is 0 Å². The lowest BCUT2D eigenvalue weighted by Gasteiger charge is -2.24. The molecule has 1 aliphatic rings. The Kier molecular flexibility index (Phi) is 3.60. The third-order valence-electron chi connectivity index (χ3n) is 4.29. The molecule has 4 rings (SSSR count). The number of nitrogens with zero attached hydrogens (tertiary/aromatic N) is 1. The van der Waals surface area contributed by atoms with E-state index in [9.17, 15) is 4.79 Å². The number of hydrogen-bond donors (Lipinski definition) is 1. The summed E-state index contributed by atoms with van der Waals surface area (Å²) in [5.41, 5.74) is 3.60. The second-order valence-corrected chi connectivity index (χ2v) is 5.81. The van der Waals surface area contributed by atoms with Crippen LogP contribution >= 0.6 is 0 Å². The van der Waals surface area contributed by atoms with Crippen LogP contribution in [0.1, 0.15) is 17.2 Å². The van der Waals surface area contributed by atoms with Gasteiger partial charge in [0.15, 0.2) is 0 Å². The Labute approximate surface area is 134 Å². The lowest BCUT2D eigenvalue weighted by Crippen LogP contribution is -2.38. The van der Waals surface area contributed by atoms with Crippen molar-refractivity contribution >= 4 is 16.8 Å². The van der Waals surface area contributed by atoms with Gasteiger partial charge in [-0.2, -0.15) is 0 Å². The number of rotatable bonds is 3. The van der Waals surface area contributed by atoms with E-state index in [1.54, 1.807) is 0 Å². The number of hydrogen-bond acceptors (Lipinski definition) is 2. The summed E-state index contributed by atoms with van der Waals surface area (Å²) in [6, 6.07) is 18.8. The fourth-order valence-electron chi connectivity index (χ4n) is 3.14. The van der Waals surface area contributed by atoms with Crippen molar-refractivity contribution < 1.29 is 9.53 Å². The van der Waals surface area contributed by atoms with E-state index in [0.29, 0.717) is 6.54 Å². The van der Waals surface area contributed by atoms with Gasteiger partial charge in [0.25, 0.3) is 0 Å². The van der Waals surface area contributed by atoms with Gasteiger partial charge in [0.2, 0.25) is 5.91 Å². The average Bonchev–Trinajstić information content (AvgIpc) is 3.00. The first kappa shape index (κ1) is 14.0. The second-order valence-electron chi connectivity index (χ2n) is 5.81. The fraction of sp³-hybridized carbons (Fsp3) is 0.211. The first-order valence-corrected chi connectivity index (χ1v) is 7.81. The maximum atomic E-state index is 11.3. The van der Waals surface area contributed by atoms with Crippen LogP contribution in [-0.4, -0.2) is 23.6 Å². The highest BCUT2D eigenvalue weighted by molar-refractivity contribution is 5.85. The zero-order chi connectivity index (χ0) is 15.6. The van der Waals surface area contributed by atoms with Crippen molar-refractivity contribution in [3.63, 3.8) is 0 Å². The molecule has 1 unspecified atom stereocenters. The van der Waals surface area contributed by atoms with Crippen molar-refractivity contribution in [1.82, 2.24) is 9.88 Å². The molecule has 2 heterocycles. The highest BCUT2D eigenvalue weighted by Crippen LogP contribution is 2.28. The fourth-order valence-corrected chi connectivity index (χ4v) is 3.14. The van der Waals surface area contributed by atoms with Crippen LogP contribution in [0.4, 0.5) is 0 Å². The van der Waals surface area contributed by atoms with Gasteiger partial charge in [-0.25, -0.2) is 0 Å². The van der Waals surface area contributed by atoms with E-state index in [4.69, 9.17) is 4.74 Å². The molecule has 4 nitrogen and oxygen atoms in total. The van der Waals surface area contributed by atoms with Gasteiger partial charge in [0.05, 0.1) is 0 Å². The summed E-state index contributed by atoms with van der Waals surface area (Å²) >= 11 is 0. The number of amides is 1. The summed E-state index contributed by atoms with van der Waals surface area (Å²) in [4.78, 5) is 11.3. The normalized spacial score (nSPS) is 18.1. The van der Waals surface area contributed by atoms with Gasteiger partial charge in [0, 0.05) is 30.2 Å². The van der Waals surface area contributed by atoms with Crippen molar-refractivity contribution in [2.75, 3.05) is 13.2 Å². The quantitative estimate of drug-likeness (QED) is 0.808. The van der Waals surface area contributed by atoms with Crippen LogP contribution in [0.15, 0.2) is 60.8 Å². The van der Waals surface area contributed by atoms with E-state index in [1.165, 1.54) is 16.5 Å². The number of carbonyl (C=O) groups excluding carboxylic acids is 1. The number of benzene rings is 2. The molecule has 1 saturated heterocycles. The molecule has 0 aliphatic carbocycles. The maximum absolute atomic E-state index is 11.3. The predicted octanol–water partition coefficient (Wildman–Crippen LogP) is 2.88. The van der Waals surface area contributed by atoms with Crippen molar-refractivity contribution in [2.24, 2.45) is 0 Å². The van der Waals surface area contributed by atoms with Gasteiger partial charge in [-0.15, -0.1) is 0 Å². The summed E-state index contributed by atoms with van der Waals surface area (Å²) in [7, 11) is 0. The number of carbonyl (C=O) groups is 1. The molecule has 1 fully saturated rings.